The Morgan fingerprint density at radius 2 is 1.88 bits per heavy atom. The molecule has 1 aliphatic heterocycles. The number of likely N-dealkylation sites (tertiary alicyclic amines) is 1. The molecule has 2 aromatic heterocycles. The second-order valence-electron chi connectivity index (χ2n) is 8.28. The van der Waals surface area contributed by atoms with Gasteiger partial charge in [-0.2, -0.15) is 0 Å². The van der Waals surface area contributed by atoms with Gasteiger partial charge in [0.1, 0.15) is 17.9 Å². The van der Waals surface area contributed by atoms with Gasteiger partial charge in [0.25, 0.3) is 0 Å². The van der Waals surface area contributed by atoms with Crippen molar-refractivity contribution < 1.29 is 9.84 Å². The normalized spacial score (nSPS) is 15.3. The van der Waals surface area contributed by atoms with Crippen LogP contribution in [0.1, 0.15) is 18.4 Å². The van der Waals surface area contributed by atoms with Crippen molar-refractivity contribution in [1.29, 1.82) is 0 Å². The summed E-state index contributed by atoms with van der Waals surface area (Å²) in [7, 11) is 1.66. The topological polar surface area (TPSA) is 89.4 Å². The Morgan fingerprint density at radius 1 is 1.09 bits per heavy atom. The first-order chi connectivity index (χ1) is 15.6. The van der Waals surface area contributed by atoms with E-state index in [1.54, 1.807) is 7.11 Å². The summed E-state index contributed by atoms with van der Waals surface area (Å²) in [6.07, 6.45) is 5.11. The second kappa shape index (κ2) is 8.61. The maximum Gasteiger partial charge on any atom is 0.150 e. The van der Waals surface area contributed by atoms with E-state index in [9.17, 15) is 5.11 Å². The lowest BCUT2D eigenvalue weighted by Gasteiger charge is -2.29. The summed E-state index contributed by atoms with van der Waals surface area (Å²) in [6.45, 7) is 2.76. The zero-order valence-corrected chi connectivity index (χ0v) is 18.1. The Balaban J connectivity index is 1.50. The number of nitrogens with two attached hydrogens (primary N) is 1. The van der Waals surface area contributed by atoms with Crippen LogP contribution in [0.4, 0.5) is 5.82 Å². The van der Waals surface area contributed by atoms with E-state index in [0.29, 0.717) is 5.82 Å². The smallest absolute Gasteiger partial charge is 0.150 e. The molecule has 0 radical (unpaired) electrons. The molecule has 0 amide bonds. The molecule has 0 bridgehead atoms. The molecule has 0 atom stereocenters. The molecule has 164 valence electrons. The van der Waals surface area contributed by atoms with E-state index in [0.717, 1.165) is 66.1 Å². The predicted octanol–water partition coefficient (Wildman–Crippen LogP) is 3.64. The standard InChI is InChI=1S/C25H27N5O2/c1-32-21-4-2-3-18(13-21)22-15-30(25-23(22)24(26)27-16-28-25)19-7-5-17(6-8-19)14-29-11-9-20(31)10-12-29/h2-8,13,15-16,20,31H,9-12,14H2,1H3,(H2,26,27,28). The van der Waals surface area contributed by atoms with Gasteiger partial charge < -0.3 is 20.1 Å². The maximum absolute atomic E-state index is 9.72. The summed E-state index contributed by atoms with van der Waals surface area (Å²) in [6, 6.07) is 16.4. The fraction of sp³-hybridized carbons (Fsp3) is 0.280. The Labute approximate surface area is 187 Å². The van der Waals surface area contributed by atoms with Crippen LogP contribution in [0, 0.1) is 0 Å². The Bertz CT molecular complexity index is 1230. The molecule has 3 heterocycles. The van der Waals surface area contributed by atoms with E-state index in [2.05, 4.69) is 49.9 Å². The van der Waals surface area contributed by atoms with Gasteiger partial charge in [0, 0.05) is 37.1 Å². The molecule has 1 fully saturated rings. The van der Waals surface area contributed by atoms with Crippen molar-refractivity contribution in [3.8, 4) is 22.6 Å². The van der Waals surface area contributed by atoms with Gasteiger partial charge in [-0.1, -0.05) is 24.3 Å². The van der Waals surface area contributed by atoms with Crippen LogP contribution < -0.4 is 10.5 Å². The average Bonchev–Trinajstić information content (AvgIpc) is 3.22. The van der Waals surface area contributed by atoms with Gasteiger partial charge in [0.15, 0.2) is 5.65 Å². The zero-order chi connectivity index (χ0) is 22.1. The highest BCUT2D eigenvalue weighted by Gasteiger charge is 2.18. The van der Waals surface area contributed by atoms with Crippen LogP contribution in [0.25, 0.3) is 27.8 Å². The van der Waals surface area contributed by atoms with Crippen molar-refractivity contribution >= 4 is 16.9 Å². The third kappa shape index (κ3) is 3.92. The first-order valence-corrected chi connectivity index (χ1v) is 10.9. The summed E-state index contributed by atoms with van der Waals surface area (Å²) in [5, 5.41) is 10.5. The van der Waals surface area contributed by atoms with E-state index in [4.69, 9.17) is 10.5 Å². The lowest BCUT2D eigenvalue weighted by Crippen LogP contribution is -2.35. The molecule has 1 aliphatic rings. The molecule has 5 rings (SSSR count). The van der Waals surface area contributed by atoms with Gasteiger partial charge in [-0.05, 0) is 48.2 Å². The van der Waals surface area contributed by atoms with Gasteiger partial charge >= 0.3 is 0 Å². The molecule has 3 N–H and O–H groups in total. The number of hydrogen-bond donors (Lipinski definition) is 2. The molecule has 32 heavy (non-hydrogen) atoms. The van der Waals surface area contributed by atoms with Gasteiger partial charge in [0.05, 0.1) is 18.6 Å². The highest BCUT2D eigenvalue weighted by Crippen LogP contribution is 2.35. The molecule has 4 aromatic rings. The van der Waals surface area contributed by atoms with Crippen molar-refractivity contribution in [3.05, 3.63) is 66.6 Å². The van der Waals surface area contributed by atoms with E-state index in [-0.39, 0.29) is 6.10 Å². The molecule has 0 spiro atoms. The van der Waals surface area contributed by atoms with Gasteiger partial charge in [-0.15, -0.1) is 0 Å². The van der Waals surface area contributed by atoms with Crippen LogP contribution in [0.15, 0.2) is 61.1 Å². The minimum absolute atomic E-state index is 0.149. The Kier molecular flexibility index (Phi) is 5.51. The van der Waals surface area contributed by atoms with Crippen molar-refractivity contribution in [3.63, 3.8) is 0 Å². The second-order valence-corrected chi connectivity index (χ2v) is 8.28. The fourth-order valence-corrected chi connectivity index (χ4v) is 4.39. The molecule has 7 nitrogen and oxygen atoms in total. The summed E-state index contributed by atoms with van der Waals surface area (Å²) >= 11 is 0. The third-order valence-electron chi connectivity index (χ3n) is 6.17. The Hall–Kier alpha value is -3.42. The SMILES string of the molecule is COc1cccc(-c2cn(-c3ccc(CN4CCC(O)CC4)cc3)c3ncnc(N)c23)c1. The first-order valence-electron chi connectivity index (χ1n) is 10.9. The third-order valence-corrected chi connectivity index (χ3v) is 6.17. The number of ether oxygens (including phenoxy) is 1. The monoisotopic (exact) mass is 429 g/mol. The van der Waals surface area contributed by atoms with E-state index in [1.165, 1.54) is 11.9 Å². The highest BCUT2D eigenvalue weighted by molar-refractivity contribution is 6.01. The van der Waals surface area contributed by atoms with Crippen LogP contribution in [0.2, 0.25) is 0 Å². The number of methoxy groups -OCH3 is 1. The number of piperidine rings is 1. The van der Waals surface area contributed by atoms with Crippen LogP contribution in [-0.2, 0) is 6.54 Å². The van der Waals surface area contributed by atoms with Gasteiger partial charge in [-0.25, -0.2) is 9.97 Å². The summed E-state index contributed by atoms with van der Waals surface area (Å²) in [4.78, 5) is 11.2. The zero-order valence-electron chi connectivity index (χ0n) is 18.1. The van der Waals surface area contributed by atoms with Gasteiger partial charge in [0.2, 0.25) is 0 Å². The van der Waals surface area contributed by atoms with Crippen molar-refractivity contribution in [2.45, 2.75) is 25.5 Å². The largest absolute Gasteiger partial charge is 0.497 e. The minimum atomic E-state index is -0.149. The molecule has 0 aliphatic carbocycles. The number of rotatable bonds is 5. The molecule has 0 saturated carbocycles. The molecule has 7 heteroatoms. The van der Waals surface area contributed by atoms with E-state index in [1.807, 2.05) is 24.3 Å². The summed E-state index contributed by atoms with van der Waals surface area (Å²) in [5.41, 5.74) is 11.3. The van der Waals surface area contributed by atoms with Gasteiger partial charge in [-0.3, -0.25) is 4.90 Å². The summed E-state index contributed by atoms with van der Waals surface area (Å²) < 4.78 is 7.46. The quantitative estimate of drug-likeness (QED) is 0.504. The highest BCUT2D eigenvalue weighted by atomic mass is 16.5. The number of aromatic nitrogens is 3. The number of anilines is 1. The van der Waals surface area contributed by atoms with E-state index < -0.39 is 0 Å². The number of fused-ring (bicyclic) bond motifs is 1. The van der Waals surface area contributed by atoms with Crippen molar-refractivity contribution in [2.24, 2.45) is 0 Å². The number of benzene rings is 2. The molecule has 0 unspecified atom stereocenters. The van der Waals surface area contributed by atoms with Crippen LogP contribution in [0.5, 0.6) is 5.75 Å². The number of aliphatic hydroxyl groups excluding tert-OH is 1. The lowest BCUT2D eigenvalue weighted by atomic mass is 10.1. The van der Waals surface area contributed by atoms with Crippen LogP contribution in [0.3, 0.4) is 0 Å². The number of aliphatic hydroxyl groups is 1. The van der Waals surface area contributed by atoms with Crippen LogP contribution in [-0.4, -0.2) is 50.8 Å². The molecule has 2 aromatic carbocycles. The predicted molar refractivity (Wildman–Crippen MR) is 126 cm³/mol. The lowest BCUT2D eigenvalue weighted by molar-refractivity contribution is 0.0792. The Morgan fingerprint density at radius 3 is 2.62 bits per heavy atom. The fourth-order valence-electron chi connectivity index (χ4n) is 4.39. The first kappa shape index (κ1) is 20.5. The average molecular weight is 430 g/mol. The molecular weight excluding hydrogens is 402 g/mol. The van der Waals surface area contributed by atoms with Crippen molar-refractivity contribution in [2.75, 3.05) is 25.9 Å². The molecular formula is C25H27N5O2. The number of hydrogen-bond acceptors (Lipinski definition) is 6. The van der Waals surface area contributed by atoms with E-state index >= 15 is 0 Å². The number of nitrogens with zero attached hydrogens (tertiary/aromatic N) is 4. The molecule has 1 saturated heterocycles. The summed E-state index contributed by atoms with van der Waals surface area (Å²) in [5.74, 6) is 1.24. The van der Waals surface area contributed by atoms with Crippen molar-refractivity contribution in [1.82, 2.24) is 19.4 Å². The number of nitrogen functional groups attached to an aromatic ring is 1. The van der Waals surface area contributed by atoms with Crippen LogP contribution >= 0.6 is 0 Å². The minimum Gasteiger partial charge on any atom is -0.497 e. The maximum atomic E-state index is 9.72.